The number of hydrogen-bond donors (Lipinski definition) is 1. The third kappa shape index (κ3) is 3.38. The first-order chi connectivity index (χ1) is 9.81. The van der Waals surface area contributed by atoms with E-state index in [-0.39, 0.29) is 6.61 Å². The number of aliphatic hydroxyl groups excluding tert-OH is 1. The van der Waals surface area contributed by atoms with Crippen LogP contribution in [0.1, 0.15) is 79.6 Å². The van der Waals surface area contributed by atoms with Gasteiger partial charge in [0, 0.05) is 0 Å². The minimum Gasteiger partial charge on any atom is -0.392 e. The smallest absolute Gasteiger partial charge is 0.0614 e. The van der Waals surface area contributed by atoms with Crippen molar-refractivity contribution in [1.29, 1.82) is 0 Å². The lowest BCUT2D eigenvalue weighted by Crippen LogP contribution is -2.51. The fraction of sp³-hybridized carbons (Fsp3) is 0.900. The number of fused-ring (bicyclic) bond motifs is 1. The molecule has 2 aliphatic carbocycles. The van der Waals surface area contributed by atoms with Gasteiger partial charge in [-0.15, -0.1) is 0 Å². The van der Waals surface area contributed by atoms with Crippen LogP contribution in [0.5, 0.6) is 0 Å². The molecule has 0 bridgehead atoms. The van der Waals surface area contributed by atoms with Gasteiger partial charge in [-0.2, -0.15) is 0 Å². The first-order valence-corrected chi connectivity index (χ1v) is 9.08. The summed E-state index contributed by atoms with van der Waals surface area (Å²) < 4.78 is 0. The Bertz CT molecular complexity index is 381. The molecule has 2 fully saturated rings. The third-order valence-corrected chi connectivity index (χ3v) is 7.01. The summed E-state index contributed by atoms with van der Waals surface area (Å²) in [5, 5.41) is 9.06. The summed E-state index contributed by atoms with van der Waals surface area (Å²) in [5.41, 5.74) is 2.44. The van der Waals surface area contributed by atoms with Crippen molar-refractivity contribution in [2.24, 2.45) is 28.6 Å². The summed E-state index contributed by atoms with van der Waals surface area (Å²) in [5.74, 6) is 2.63. The minimum atomic E-state index is 0.193. The maximum absolute atomic E-state index is 9.06. The van der Waals surface area contributed by atoms with Crippen LogP contribution in [0.4, 0.5) is 0 Å². The van der Waals surface area contributed by atoms with Gasteiger partial charge in [-0.3, -0.25) is 0 Å². The molecular formula is C20H36O. The van der Waals surface area contributed by atoms with Crippen molar-refractivity contribution >= 4 is 0 Å². The summed E-state index contributed by atoms with van der Waals surface area (Å²) in [6.45, 7) is 12.5. The molecule has 2 saturated carbocycles. The van der Waals surface area contributed by atoms with Crippen LogP contribution in [0.2, 0.25) is 0 Å². The predicted octanol–water partition coefficient (Wildman–Crippen LogP) is 5.58. The van der Waals surface area contributed by atoms with E-state index in [1.165, 1.54) is 44.1 Å². The van der Waals surface area contributed by atoms with E-state index in [4.69, 9.17) is 5.11 Å². The van der Waals surface area contributed by atoms with Gasteiger partial charge in [-0.25, -0.2) is 0 Å². The largest absolute Gasteiger partial charge is 0.392 e. The van der Waals surface area contributed by atoms with Crippen molar-refractivity contribution in [2.75, 3.05) is 6.61 Å². The highest BCUT2D eigenvalue weighted by molar-refractivity contribution is 5.05. The molecule has 2 aliphatic rings. The van der Waals surface area contributed by atoms with Crippen molar-refractivity contribution in [3.05, 3.63) is 11.6 Å². The zero-order valence-corrected chi connectivity index (χ0v) is 14.9. The molecule has 1 N–H and O–H groups in total. The van der Waals surface area contributed by atoms with Gasteiger partial charge >= 0.3 is 0 Å². The van der Waals surface area contributed by atoms with Crippen LogP contribution in [0.15, 0.2) is 11.6 Å². The Morgan fingerprint density at radius 2 is 1.90 bits per heavy atom. The maximum atomic E-state index is 9.06. The molecule has 0 spiro atoms. The molecular weight excluding hydrogens is 256 g/mol. The van der Waals surface area contributed by atoms with Crippen molar-refractivity contribution in [3.63, 3.8) is 0 Å². The number of aliphatic hydroxyl groups is 1. The Balaban J connectivity index is 2.15. The van der Waals surface area contributed by atoms with Gasteiger partial charge in [0.25, 0.3) is 0 Å². The highest BCUT2D eigenvalue weighted by Crippen LogP contribution is 2.62. The molecule has 1 heteroatoms. The molecule has 0 aromatic heterocycles. The van der Waals surface area contributed by atoms with Crippen LogP contribution in [-0.4, -0.2) is 11.7 Å². The van der Waals surface area contributed by atoms with E-state index < -0.39 is 0 Å². The summed E-state index contributed by atoms with van der Waals surface area (Å²) in [6, 6.07) is 0. The second-order valence-electron chi connectivity index (χ2n) is 8.83. The lowest BCUT2D eigenvalue weighted by molar-refractivity contribution is -0.0957. The van der Waals surface area contributed by atoms with E-state index in [1.807, 2.05) is 6.08 Å². The summed E-state index contributed by atoms with van der Waals surface area (Å²) in [6.07, 6.45) is 11.6. The average Bonchev–Trinajstić information content (AvgIpc) is 2.37. The zero-order valence-electron chi connectivity index (χ0n) is 14.9. The van der Waals surface area contributed by atoms with Crippen LogP contribution in [0.25, 0.3) is 0 Å². The summed E-state index contributed by atoms with van der Waals surface area (Å²) >= 11 is 0. The summed E-state index contributed by atoms with van der Waals surface area (Å²) in [7, 11) is 0. The first-order valence-electron chi connectivity index (χ1n) is 9.08. The Labute approximate surface area is 132 Å². The SMILES string of the molecule is C/C(=C/CO)CC[C@@H]1[C@H](C)CC[C@@H]2C(C)(C)CCC[C@@]12C. The molecule has 0 aromatic rings. The average molecular weight is 293 g/mol. The van der Waals surface area contributed by atoms with Gasteiger partial charge in [0.15, 0.2) is 0 Å². The van der Waals surface area contributed by atoms with Crippen LogP contribution in [0, 0.1) is 28.6 Å². The molecule has 0 amide bonds. The maximum Gasteiger partial charge on any atom is 0.0614 e. The van der Waals surface area contributed by atoms with E-state index in [0.717, 1.165) is 24.2 Å². The van der Waals surface area contributed by atoms with Crippen LogP contribution in [0.3, 0.4) is 0 Å². The molecule has 0 saturated heterocycles. The fourth-order valence-electron chi connectivity index (χ4n) is 5.87. The zero-order chi connectivity index (χ0) is 15.7. The molecule has 21 heavy (non-hydrogen) atoms. The lowest BCUT2D eigenvalue weighted by Gasteiger charge is -2.59. The van der Waals surface area contributed by atoms with Gasteiger partial charge in [0.05, 0.1) is 6.61 Å². The molecule has 1 nitrogen and oxygen atoms in total. The normalized spacial score (nSPS) is 39.9. The van der Waals surface area contributed by atoms with Gasteiger partial charge < -0.3 is 5.11 Å². The number of hydrogen-bond acceptors (Lipinski definition) is 1. The van der Waals surface area contributed by atoms with Gasteiger partial charge in [0.1, 0.15) is 0 Å². The Morgan fingerprint density at radius 1 is 1.19 bits per heavy atom. The first kappa shape index (κ1) is 17.1. The molecule has 2 rings (SSSR count). The molecule has 4 atom stereocenters. The van der Waals surface area contributed by atoms with E-state index in [0.29, 0.717) is 10.8 Å². The standard InChI is InChI=1S/C20H36O/c1-15(11-14-21)7-9-17-16(2)8-10-18-19(3,4)12-6-13-20(17,18)5/h11,16-18,21H,6-10,12-14H2,1-5H3/b15-11-/t16-,17-,18-,20+/m1/s1. The van der Waals surface area contributed by atoms with Crippen molar-refractivity contribution < 1.29 is 5.11 Å². The van der Waals surface area contributed by atoms with Crippen LogP contribution >= 0.6 is 0 Å². The third-order valence-electron chi connectivity index (χ3n) is 7.01. The highest BCUT2D eigenvalue weighted by atomic mass is 16.2. The second-order valence-corrected chi connectivity index (χ2v) is 8.83. The number of rotatable bonds is 4. The molecule has 0 heterocycles. The number of allylic oxidation sites excluding steroid dienone is 1. The van der Waals surface area contributed by atoms with Crippen molar-refractivity contribution in [2.45, 2.75) is 79.6 Å². The van der Waals surface area contributed by atoms with Crippen LogP contribution in [-0.2, 0) is 0 Å². The van der Waals surface area contributed by atoms with Gasteiger partial charge in [-0.1, -0.05) is 52.2 Å². The predicted molar refractivity (Wildman–Crippen MR) is 91.2 cm³/mol. The lowest BCUT2D eigenvalue weighted by atomic mass is 9.46. The topological polar surface area (TPSA) is 20.2 Å². The Kier molecular flexibility index (Phi) is 5.23. The second kappa shape index (κ2) is 6.44. The van der Waals surface area contributed by atoms with E-state index in [1.54, 1.807) is 0 Å². The Hall–Kier alpha value is -0.300. The van der Waals surface area contributed by atoms with E-state index >= 15 is 0 Å². The van der Waals surface area contributed by atoms with Gasteiger partial charge in [-0.05, 0) is 67.6 Å². The van der Waals surface area contributed by atoms with Crippen LogP contribution < -0.4 is 0 Å². The molecule has 122 valence electrons. The van der Waals surface area contributed by atoms with Gasteiger partial charge in [0.2, 0.25) is 0 Å². The molecule has 0 aromatic carbocycles. The Morgan fingerprint density at radius 3 is 2.57 bits per heavy atom. The fourth-order valence-corrected chi connectivity index (χ4v) is 5.87. The van der Waals surface area contributed by atoms with Crippen molar-refractivity contribution in [3.8, 4) is 0 Å². The molecule has 0 radical (unpaired) electrons. The monoisotopic (exact) mass is 292 g/mol. The highest BCUT2D eigenvalue weighted by Gasteiger charge is 2.53. The van der Waals surface area contributed by atoms with Crippen molar-refractivity contribution in [1.82, 2.24) is 0 Å². The molecule has 0 aliphatic heterocycles. The van der Waals surface area contributed by atoms with E-state index in [2.05, 4.69) is 34.6 Å². The quantitative estimate of drug-likeness (QED) is 0.670. The minimum absolute atomic E-state index is 0.193. The van der Waals surface area contributed by atoms with E-state index in [9.17, 15) is 0 Å². The molecule has 0 unspecified atom stereocenters. The summed E-state index contributed by atoms with van der Waals surface area (Å²) in [4.78, 5) is 0.